The monoisotopic (exact) mass is 283 g/mol. The zero-order valence-electron chi connectivity index (χ0n) is 10.1. The number of hydrogen-bond donors (Lipinski definition) is 1. The molecule has 1 amide bonds. The Morgan fingerprint density at radius 2 is 2.44 bits per heavy atom. The first-order chi connectivity index (χ1) is 8.66. The number of tetrazole rings is 1. The number of nitrogens with zero attached hydrogens (tertiary/aromatic N) is 4. The van der Waals surface area contributed by atoms with Gasteiger partial charge in [0, 0.05) is 11.9 Å². The van der Waals surface area contributed by atoms with Gasteiger partial charge in [0.25, 0.3) is 0 Å². The summed E-state index contributed by atoms with van der Waals surface area (Å²) in [5, 5.41) is 16.5. The molecule has 0 aliphatic rings. The van der Waals surface area contributed by atoms with Crippen molar-refractivity contribution >= 4 is 29.0 Å². The third-order valence-electron chi connectivity index (χ3n) is 2.33. The van der Waals surface area contributed by atoms with E-state index in [4.69, 9.17) is 0 Å². The molecule has 0 saturated heterocycles. The molecule has 0 aliphatic carbocycles. The predicted molar refractivity (Wildman–Crippen MR) is 70.4 cm³/mol. The summed E-state index contributed by atoms with van der Waals surface area (Å²) in [6, 6.07) is 2.05. The highest BCUT2D eigenvalue weighted by Crippen LogP contribution is 2.15. The Morgan fingerprint density at radius 1 is 1.61 bits per heavy atom. The van der Waals surface area contributed by atoms with E-state index in [1.165, 1.54) is 22.2 Å². The average Bonchev–Trinajstić information content (AvgIpc) is 2.93. The molecule has 96 valence electrons. The number of aryl methyl sites for hydroxylation is 2. The highest BCUT2D eigenvalue weighted by Gasteiger charge is 2.08. The molecule has 0 fully saturated rings. The van der Waals surface area contributed by atoms with Gasteiger partial charge in [-0.25, -0.2) is 4.68 Å². The van der Waals surface area contributed by atoms with Crippen LogP contribution in [-0.4, -0.2) is 31.9 Å². The molecular formula is C10H13N5OS2. The molecule has 0 saturated carbocycles. The molecule has 2 aromatic rings. The van der Waals surface area contributed by atoms with E-state index >= 15 is 0 Å². The minimum atomic E-state index is -0.0178. The molecule has 0 unspecified atom stereocenters. The van der Waals surface area contributed by atoms with Gasteiger partial charge in [-0.1, -0.05) is 11.8 Å². The SMILES string of the molecule is Cc1ccsc1CNC(=O)CSc1nnnn1C. The Kier molecular flexibility index (Phi) is 4.32. The van der Waals surface area contributed by atoms with Gasteiger partial charge in [-0.15, -0.1) is 16.4 Å². The lowest BCUT2D eigenvalue weighted by atomic mass is 10.3. The third-order valence-corrected chi connectivity index (χ3v) is 4.36. The van der Waals surface area contributed by atoms with Crippen LogP contribution in [0.5, 0.6) is 0 Å². The molecule has 0 aromatic carbocycles. The second kappa shape index (κ2) is 5.96. The summed E-state index contributed by atoms with van der Waals surface area (Å²) in [6.07, 6.45) is 0. The first-order valence-electron chi connectivity index (χ1n) is 5.31. The average molecular weight is 283 g/mol. The minimum Gasteiger partial charge on any atom is -0.350 e. The largest absolute Gasteiger partial charge is 0.350 e. The lowest BCUT2D eigenvalue weighted by Gasteiger charge is -2.03. The topological polar surface area (TPSA) is 72.7 Å². The van der Waals surface area contributed by atoms with Crippen molar-refractivity contribution in [1.29, 1.82) is 0 Å². The molecule has 18 heavy (non-hydrogen) atoms. The molecule has 2 rings (SSSR count). The number of rotatable bonds is 5. The molecule has 8 heteroatoms. The van der Waals surface area contributed by atoms with Crippen LogP contribution in [0.3, 0.4) is 0 Å². The Morgan fingerprint density at radius 3 is 3.06 bits per heavy atom. The summed E-state index contributed by atoms with van der Waals surface area (Å²) in [6.45, 7) is 2.62. The van der Waals surface area contributed by atoms with Gasteiger partial charge in [0.15, 0.2) is 0 Å². The smallest absolute Gasteiger partial charge is 0.230 e. The number of nitrogens with one attached hydrogen (secondary N) is 1. The molecule has 0 spiro atoms. The maximum atomic E-state index is 11.7. The summed E-state index contributed by atoms with van der Waals surface area (Å²) in [7, 11) is 1.75. The summed E-state index contributed by atoms with van der Waals surface area (Å²) in [4.78, 5) is 12.8. The molecule has 1 N–H and O–H groups in total. The first kappa shape index (κ1) is 13.0. The first-order valence-corrected chi connectivity index (χ1v) is 7.18. The zero-order valence-corrected chi connectivity index (χ0v) is 11.7. The Hall–Kier alpha value is -1.41. The van der Waals surface area contributed by atoms with Crippen molar-refractivity contribution in [2.45, 2.75) is 18.6 Å². The van der Waals surface area contributed by atoms with E-state index in [1.54, 1.807) is 23.1 Å². The zero-order chi connectivity index (χ0) is 13.0. The Labute approximate surface area is 113 Å². The lowest BCUT2D eigenvalue weighted by molar-refractivity contribution is -0.118. The lowest BCUT2D eigenvalue weighted by Crippen LogP contribution is -2.24. The number of thioether (sulfide) groups is 1. The number of hydrogen-bond acceptors (Lipinski definition) is 6. The van der Waals surface area contributed by atoms with E-state index in [-0.39, 0.29) is 5.91 Å². The predicted octanol–water partition coefficient (Wildman–Crippen LogP) is 0.989. The molecule has 0 bridgehead atoms. The van der Waals surface area contributed by atoms with Crippen LogP contribution in [0.1, 0.15) is 10.4 Å². The standard InChI is InChI=1S/C10H13N5OS2/c1-7-3-4-17-8(7)5-11-9(16)6-18-10-12-13-14-15(10)2/h3-4H,5-6H2,1-2H3,(H,11,16). The van der Waals surface area contributed by atoms with Crippen LogP contribution >= 0.6 is 23.1 Å². The highest BCUT2D eigenvalue weighted by molar-refractivity contribution is 7.99. The van der Waals surface area contributed by atoms with Crippen LogP contribution in [0.2, 0.25) is 0 Å². The van der Waals surface area contributed by atoms with Crippen LogP contribution in [0.25, 0.3) is 0 Å². The maximum absolute atomic E-state index is 11.7. The van der Waals surface area contributed by atoms with Crippen molar-refractivity contribution in [3.8, 4) is 0 Å². The Bertz CT molecular complexity index is 490. The second-order valence-corrected chi connectivity index (χ2v) is 5.62. The van der Waals surface area contributed by atoms with E-state index < -0.39 is 0 Å². The van der Waals surface area contributed by atoms with Crippen molar-refractivity contribution in [3.63, 3.8) is 0 Å². The fraction of sp³-hybridized carbons (Fsp3) is 0.400. The summed E-state index contributed by atoms with van der Waals surface area (Å²) < 4.78 is 1.54. The number of thiophene rings is 1. The van der Waals surface area contributed by atoms with Crippen LogP contribution in [0.15, 0.2) is 16.6 Å². The van der Waals surface area contributed by atoms with Crippen LogP contribution < -0.4 is 5.32 Å². The number of amides is 1. The van der Waals surface area contributed by atoms with Crippen molar-refractivity contribution in [2.75, 3.05) is 5.75 Å². The fourth-order valence-electron chi connectivity index (χ4n) is 1.29. The summed E-state index contributed by atoms with van der Waals surface area (Å²) in [5.74, 6) is 0.300. The van der Waals surface area contributed by atoms with Crippen LogP contribution in [0, 0.1) is 6.92 Å². The maximum Gasteiger partial charge on any atom is 0.230 e. The van der Waals surface area contributed by atoms with E-state index in [9.17, 15) is 4.79 Å². The van der Waals surface area contributed by atoms with Crippen molar-refractivity contribution in [3.05, 3.63) is 21.9 Å². The minimum absolute atomic E-state index is 0.0178. The van der Waals surface area contributed by atoms with Crippen molar-refractivity contribution in [2.24, 2.45) is 7.05 Å². The molecule has 0 atom stereocenters. The number of carbonyl (C=O) groups is 1. The summed E-state index contributed by atoms with van der Waals surface area (Å²) >= 11 is 2.97. The van der Waals surface area contributed by atoms with Gasteiger partial charge in [0.1, 0.15) is 0 Å². The number of aromatic nitrogens is 4. The molecule has 0 aliphatic heterocycles. The van der Waals surface area contributed by atoms with Crippen molar-refractivity contribution in [1.82, 2.24) is 25.5 Å². The molecule has 2 heterocycles. The van der Waals surface area contributed by atoms with Crippen LogP contribution in [-0.2, 0) is 18.4 Å². The molecule has 0 radical (unpaired) electrons. The second-order valence-electron chi connectivity index (χ2n) is 3.68. The molecule has 2 aromatic heterocycles. The highest BCUT2D eigenvalue weighted by atomic mass is 32.2. The van der Waals surface area contributed by atoms with Crippen molar-refractivity contribution < 1.29 is 4.79 Å². The van der Waals surface area contributed by atoms with E-state index in [1.807, 2.05) is 18.4 Å². The van der Waals surface area contributed by atoms with Gasteiger partial charge >= 0.3 is 0 Å². The van der Waals surface area contributed by atoms with Gasteiger partial charge in [-0.2, -0.15) is 0 Å². The van der Waals surface area contributed by atoms with Gasteiger partial charge in [-0.05, 0) is 34.4 Å². The number of carbonyl (C=O) groups excluding carboxylic acids is 1. The van der Waals surface area contributed by atoms with Gasteiger partial charge in [-0.3, -0.25) is 4.79 Å². The molecule has 6 nitrogen and oxygen atoms in total. The quantitative estimate of drug-likeness (QED) is 0.828. The van der Waals surface area contributed by atoms with Gasteiger partial charge in [0.2, 0.25) is 11.1 Å². The normalized spacial score (nSPS) is 10.6. The van der Waals surface area contributed by atoms with E-state index in [2.05, 4.69) is 20.8 Å². The Balaban J connectivity index is 1.76. The fourth-order valence-corrected chi connectivity index (χ4v) is 2.81. The summed E-state index contributed by atoms with van der Waals surface area (Å²) in [5.41, 5.74) is 1.21. The third kappa shape index (κ3) is 3.30. The van der Waals surface area contributed by atoms with E-state index in [0.29, 0.717) is 17.5 Å². The van der Waals surface area contributed by atoms with Gasteiger partial charge < -0.3 is 5.32 Å². The molecular weight excluding hydrogens is 270 g/mol. The van der Waals surface area contributed by atoms with Gasteiger partial charge in [0.05, 0.1) is 12.3 Å². The van der Waals surface area contributed by atoms with E-state index in [0.717, 1.165) is 0 Å². The van der Waals surface area contributed by atoms with Crippen LogP contribution in [0.4, 0.5) is 0 Å².